The van der Waals surface area contributed by atoms with Crippen LogP contribution in [0, 0.1) is 22.0 Å². The summed E-state index contributed by atoms with van der Waals surface area (Å²) in [4.78, 5) is 45.0. The molecule has 1 aromatic carbocycles. The molecule has 8 nitrogen and oxygen atoms in total. The molecule has 1 aliphatic heterocycles. The number of nitro benzene ring substituents is 1. The van der Waals surface area contributed by atoms with Gasteiger partial charge in [-0.25, -0.2) is 0 Å². The highest BCUT2D eigenvalue weighted by Gasteiger charge is 2.43. The van der Waals surface area contributed by atoms with Crippen molar-refractivity contribution in [3.63, 3.8) is 0 Å². The number of rotatable bonds is 3. The summed E-state index contributed by atoms with van der Waals surface area (Å²) >= 11 is 0. The van der Waals surface area contributed by atoms with Crippen molar-refractivity contribution in [2.24, 2.45) is 11.8 Å². The maximum absolute atomic E-state index is 12.0. The van der Waals surface area contributed by atoms with Crippen LogP contribution < -0.4 is 10.6 Å². The zero-order valence-corrected chi connectivity index (χ0v) is 10.5. The van der Waals surface area contributed by atoms with Gasteiger partial charge < -0.3 is 5.32 Å². The van der Waals surface area contributed by atoms with Crippen molar-refractivity contribution in [2.45, 2.75) is 6.92 Å². The van der Waals surface area contributed by atoms with Crippen molar-refractivity contribution in [1.29, 1.82) is 0 Å². The van der Waals surface area contributed by atoms with E-state index < -0.39 is 34.5 Å². The maximum atomic E-state index is 12.0. The number of anilines is 1. The number of nitrogens with one attached hydrogen (secondary N) is 2. The van der Waals surface area contributed by atoms with Crippen LogP contribution in [0.2, 0.25) is 0 Å². The molecule has 0 aromatic heterocycles. The lowest BCUT2D eigenvalue weighted by molar-refractivity contribution is -0.383. The van der Waals surface area contributed by atoms with Crippen LogP contribution in [-0.2, 0) is 14.4 Å². The highest BCUT2D eigenvalue weighted by Crippen LogP contribution is 2.26. The number of para-hydroxylation sites is 2. The Morgan fingerprint density at radius 3 is 2.50 bits per heavy atom. The number of hydrogen-bond donors (Lipinski definition) is 2. The molecule has 2 rings (SSSR count). The zero-order valence-electron chi connectivity index (χ0n) is 10.5. The van der Waals surface area contributed by atoms with Gasteiger partial charge in [0, 0.05) is 6.07 Å². The molecular weight excluding hydrogens is 266 g/mol. The van der Waals surface area contributed by atoms with Gasteiger partial charge in [0.15, 0.2) is 0 Å². The molecule has 8 heteroatoms. The van der Waals surface area contributed by atoms with Crippen LogP contribution in [0.5, 0.6) is 0 Å². The van der Waals surface area contributed by atoms with Gasteiger partial charge in [-0.05, 0) is 6.07 Å². The monoisotopic (exact) mass is 277 g/mol. The first kappa shape index (κ1) is 13.7. The predicted octanol–water partition coefficient (Wildman–Crippen LogP) is 0.442. The van der Waals surface area contributed by atoms with Crippen molar-refractivity contribution >= 4 is 29.1 Å². The number of benzene rings is 1. The second kappa shape index (κ2) is 5.08. The van der Waals surface area contributed by atoms with Gasteiger partial charge in [0.1, 0.15) is 11.6 Å². The first-order valence-electron chi connectivity index (χ1n) is 5.81. The summed E-state index contributed by atoms with van der Waals surface area (Å²) < 4.78 is 0. The second-order valence-corrected chi connectivity index (χ2v) is 4.38. The van der Waals surface area contributed by atoms with Crippen LogP contribution in [0.1, 0.15) is 6.92 Å². The number of hydrogen-bond acceptors (Lipinski definition) is 5. The lowest BCUT2D eigenvalue weighted by Crippen LogP contribution is -2.32. The van der Waals surface area contributed by atoms with Crippen molar-refractivity contribution in [2.75, 3.05) is 5.32 Å². The van der Waals surface area contributed by atoms with Crippen LogP contribution in [0.3, 0.4) is 0 Å². The van der Waals surface area contributed by atoms with E-state index in [0.717, 1.165) is 0 Å². The zero-order chi connectivity index (χ0) is 14.9. The first-order valence-corrected chi connectivity index (χ1v) is 5.81. The normalized spacial score (nSPS) is 21.4. The van der Waals surface area contributed by atoms with Crippen molar-refractivity contribution in [3.05, 3.63) is 34.4 Å². The fourth-order valence-corrected chi connectivity index (χ4v) is 1.99. The average Bonchev–Trinajstić information content (AvgIpc) is 2.63. The third-order valence-electron chi connectivity index (χ3n) is 3.08. The summed E-state index contributed by atoms with van der Waals surface area (Å²) in [6.07, 6.45) is 0. The molecule has 1 fully saturated rings. The summed E-state index contributed by atoms with van der Waals surface area (Å²) in [5.41, 5.74) is -0.292. The second-order valence-electron chi connectivity index (χ2n) is 4.38. The minimum absolute atomic E-state index is 0.0122. The summed E-state index contributed by atoms with van der Waals surface area (Å²) in [6, 6.07) is 5.57. The molecule has 0 bridgehead atoms. The molecule has 1 saturated heterocycles. The standard InChI is InChI=1S/C12H11N3O5/c1-6-9(12(18)14-10(6)16)11(17)13-7-4-2-3-5-8(7)15(19)20/h2-6,9H,1H3,(H,13,17)(H,14,16,18). The first-order chi connectivity index (χ1) is 9.41. The SMILES string of the molecule is CC1C(=O)NC(=O)C1C(=O)Nc1ccccc1[N+](=O)[O-]. The van der Waals surface area contributed by atoms with Gasteiger partial charge in [0.2, 0.25) is 17.7 Å². The van der Waals surface area contributed by atoms with E-state index in [1.807, 2.05) is 5.32 Å². The topological polar surface area (TPSA) is 118 Å². The Morgan fingerprint density at radius 1 is 1.30 bits per heavy atom. The highest BCUT2D eigenvalue weighted by atomic mass is 16.6. The Hall–Kier alpha value is -2.77. The van der Waals surface area contributed by atoms with Crippen LogP contribution in [-0.4, -0.2) is 22.6 Å². The highest BCUT2D eigenvalue weighted by molar-refractivity contribution is 6.17. The molecule has 0 saturated carbocycles. The van der Waals surface area contributed by atoms with Crippen molar-refractivity contribution in [3.8, 4) is 0 Å². The number of imide groups is 1. The Bertz CT molecular complexity index is 613. The van der Waals surface area contributed by atoms with Crippen LogP contribution in [0.4, 0.5) is 11.4 Å². The molecule has 2 atom stereocenters. The summed E-state index contributed by atoms with van der Waals surface area (Å²) in [6.45, 7) is 1.45. The van der Waals surface area contributed by atoms with Gasteiger partial charge in [-0.2, -0.15) is 0 Å². The van der Waals surface area contributed by atoms with Gasteiger partial charge in [-0.3, -0.25) is 29.8 Å². The maximum Gasteiger partial charge on any atom is 0.292 e. The fourth-order valence-electron chi connectivity index (χ4n) is 1.99. The molecule has 1 aromatic rings. The van der Waals surface area contributed by atoms with Gasteiger partial charge in [-0.1, -0.05) is 19.1 Å². The largest absolute Gasteiger partial charge is 0.320 e. The van der Waals surface area contributed by atoms with E-state index in [1.54, 1.807) is 0 Å². The van der Waals surface area contributed by atoms with Crippen LogP contribution in [0.25, 0.3) is 0 Å². The molecular formula is C12H11N3O5. The summed E-state index contributed by atoms with van der Waals surface area (Å²) in [5.74, 6) is -3.95. The molecule has 20 heavy (non-hydrogen) atoms. The molecule has 0 radical (unpaired) electrons. The third kappa shape index (κ3) is 2.35. The van der Waals surface area contributed by atoms with Crippen LogP contribution >= 0.6 is 0 Å². The number of carbonyl (C=O) groups excluding carboxylic acids is 3. The van der Waals surface area contributed by atoms with Gasteiger partial charge in [0.25, 0.3) is 5.69 Å². The lowest BCUT2D eigenvalue weighted by atomic mass is 9.96. The van der Waals surface area contributed by atoms with E-state index in [2.05, 4.69) is 5.32 Å². The smallest absolute Gasteiger partial charge is 0.292 e. The van der Waals surface area contributed by atoms with Crippen molar-refractivity contribution in [1.82, 2.24) is 5.32 Å². The van der Waals surface area contributed by atoms with Gasteiger partial charge >= 0.3 is 0 Å². The molecule has 1 aliphatic rings. The van der Waals surface area contributed by atoms with Gasteiger partial charge in [0.05, 0.1) is 10.8 Å². The lowest BCUT2D eigenvalue weighted by Gasteiger charge is -2.11. The average molecular weight is 277 g/mol. The number of nitro groups is 1. The Kier molecular flexibility index (Phi) is 3.47. The van der Waals surface area contributed by atoms with Gasteiger partial charge in [-0.15, -0.1) is 0 Å². The van der Waals surface area contributed by atoms with E-state index in [9.17, 15) is 24.5 Å². The van der Waals surface area contributed by atoms with E-state index in [4.69, 9.17) is 0 Å². The number of carbonyl (C=O) groups is 3. The Labute approximate surface area is 113 Å². The van der Waals surface area contributed by atoms with E-state index in [-0.39, 0.29) is 11.4 Å². The fraction of sp³-hybridized carbons (Fsp3) is 0.250. The molecule has 3 amide bonds. The molecule has 104 valence electrons. The van der Waals surface area contributed by atoms with Crippen LogP contribution in [0.15, 0.2) is 24.3 Å². The Balaban J connectivity index is 2.23. The molecule has 2 unspecified atom stereocenters. The van der Waals surface area contributed by atoms with E-state index in [0.29, 0.717) is 0 Å². The molecule has 0 aliphatic carbocycles. The number of nitrogens with zero attached hydrogens (tertiary/aromatic N) is 1. The summed E-state index contributed by atoms with van der Waals surface area (Å²) in [7, 11) is 0. The van der Waals surface area contributed by atoms with Crippen molar-refractivity contribution < 1.29 is 19.3 Å². The third-order valence-corrected chi connectivity index (χ3v) is 3.08. The van der Waals surface area contributed by atoms with E-state index >= 15 is 0 Å². The molecule has 0 spiro atoms. The molecule has 1 heterocycles. The quantitative estimate of drug-likeness (QED) is 0.359. The van der Waals surface area contributed by atoms with E-state index in [1.165, 1.54) is 31.2 Å². The predicted molar refractivity (Wildman–Crippen MR) is 67.5 cm³/mol. The molecule has 2 N–H and O–H groups in total. The Morgan fingerprint density at radius 2 is 1.95 bits per heavy atom. The number of amides is 3. The minimum Gasteiger partial charge on any atom is -0.320 e. The minimum atomic E-state index is -1.18. The summed E-state index contributed by atoms with van der Waals surface area (Å²) in [5, 5.41) is 15.2.